The summed E-state index contributed by atoms with van der Waals surface area (Å²) in [5.41, 5.74) is 0.817. The number of carboxylic acid groups (broad SMARTS) is 1. The second kappa shape index (κ2) is 4.90. The van der Waals surface area contributed by atoms with Crippen LogP contribution in [-0.2, 0) is 6.54 Å². The molecule has 0 aromatic carbocycles. The van der Waals surface area contributed by atoms with Gasteiger partial charge < -0.3 is 15.3 Å². The Morgan fingerprint density at radius 3 is 3.19 bits per heavy atom. The van der Waals surface area contributed by atoms with Gasteiger partial charge in [-0.3, -0.25) is 0 Å². The van der Waals surface area contributed by atoms with Crippen molar-refractivity contribution < 1.29 is 9.90 Å². The van der Waals surface area contributed by atoms with Crippen LogP contribution in [0.25, 0.3) is 0 Å². The van der Waals surface area contributed by atoms with Crippen LogP contribution in [0.2, 0.25) is 0 Å². The van der Waals surface area contributed by atoms with Crippen LogP contribution in [-0.4, -0.2) is 47.1 Å². The second-order valence-electron chi connectivity index (χ2n) is 4.08. The Kier molecular flexibility index (Phi) is 3.52. The summed E-state index contributed by atoms with van der Waals surface area (Å²) in [6.07, 6.45) is 1.15. The molecule has 16 heavy (non-hydrogen) atoms. The van der Waals surface area contributed by atoms with Crippen molar-refractivity contribution in [2.45, 2.75) is 19.0 Å². The van der Waals surface area contributed by atoms with Crippen molar-refractivity contribution in [3.8, 4) is 0 Å². The lowest BCUT2D eigenvalue weighted by Gasteiger charge is -2.11. The van der Waals surface area contributed by atoms with Crippen LogP contribution in [0.5, 0.6) is 0 Å². The number of nitrogens with one attached hydrogen (secondary N) is 1. The lowest BCUT2D eigenvalue weighted by atomic mass is 10.2. The van der Waals surface area contributed by atoms with E-state index in [9.17, 15) is 4.79 Å². The first-order chi connectivity index (χ1) is 7.65. The van der Waals surface area contributed by atoms with E-state index in [0.717, 1.165) is 25.2 Å². The van der Waals surface area contributed by atoms with Gasteiger partial charge in [0.15, 0.2) is 0 Å². The molecule has 1 aliphatic rings. The van der Waals surface area contributed by atoms with Gasteiger partial charge in [0.2, 0.25) is 5.01 Å². The van der Waals surface area contributed by atoms with E-state index in [4.69, 9.17) is 5.11 Å². The number of likely N-dealkylation sites (tertiary alicyclic amines) is 1. The summed E-state index contributed by atoms with van der Waals surface area (Å²) in [6.45, 7) is 2.83. The fraction of sp³-hybridized carbons (Fsp3) is 0.600. The molecule has 88 valence electrons. The normalized spacial score (nSPS) is 21.4. The second-order valence-corrected chi connectivity index (χ2v) is 4.94. The smallest absolute Gasteiger partial charge is 0.365 e. The van der Waals surface area contributed by atoms with E-state index in [1.165, 1.54) is 11.3 Å². The molecular formula is C10H15N3O2S. The zero-order valence-corrected chi connectivity index (χ0v) is 9.96. The van der Waals surface area contributed by atoms with Gasteiger partial charge in [0.25, 0.3) is 0 Å². The SMILES string of the molecule is CN1CCC(NCc2csc(C(=O)O)n2)C1. The van der Waals surface area contributed by atoms with E-state index in [0.29, 0.717) is 12.6 Å². The molecule has 1 aliphatic heterocycles. The van der Waals surface area contributed by atoms with Crippen LogP contribution in [0.3, 0.4) is 0 Å². The number of likely N-dealkylation sites (N-methyl/N-ethyl adjacent to an activating group) is 1. The van der Waals surface area contributed by atoms with Crippen LogP contribution in [0.4, 0.5) is 0 Å². The Balaban J connectivity index is 1.83. The molecule has 2 heterocycles. The predicted molar refractivity (Wildman–Crippen MR) is 61.8 cm³/mol. The number of hydrogen-bond donors (Lipinski definition) is 2. The van der Waals surface area contributed by atoms with Gasteiger partial charge in [-0.1, -0.05) is 0 Å². The van der Waals surface area contributed by atoms with Crippen molar-refractivity contribution in [2.24, 2.45) is 0 Å². The highest BCUT2D eigenvalue weighted by atomic mass is 32.1. The third kappa shape index (κ3) is 2.78. The molecule has 1 atom stereocenters. The van der Waals surface area contributed by atoms with E-state index < -0.39 is 5.97 Å². The highest BCUT2D eigenvalue weighted by Gasteiger charge is 2.19. The first kappa shape index (κ1) is 11.5. The Hall–Kier alpha value is -0.980. The van der Waals surface area contributed by atoms with Crippen molar-refractivity contribution in [1.29, 1.82) is 0 Å². The third-order valence-corrected chi connectivity index (χ3v) is 3.58. The molecular weight excluding hydrogens is 226 g/mol. The summed E-state index contributed by atoms with van der Waals surface area (Å²) in [7, 11) is 2.10. The van der Waals surface area contributed by atoms with Gasteiger partial charge in [-0.2, -0.15) is 0 Å². The standard InChI is InChI=1S/C10H15N3O2S/c1-13-3-2-7(5-13)11-4-8-6-16-9(12-8)10(14)15/h6-7,11H,2-5H2,1H3,(H,14,15). The van der Waals surface area contributed by atoms with Gasteiger partial charge >= 0.3 is 5.97 Å². The number of hydrogen-bond acceptors (Lipinski definition) is 5. The largest absolute Gasteiger partial charge is 0.476 e. The maximum atomic E-state index is 10.6. The Morgan fingerprint density at radius 1 is 1.81 bits per heavy atom. The van der Waals surface area contributed by atoms with E-state index in [2.05, 4.69) is 22.2 Å². The lowest BCUT2D eigenvalue weighted by Crippen LogP contribution is -2.31. The molecule has 6 heteroatoms. The number of thiazole rings is 1. The number of nitrogens with zero attached hydrogens (tertiary/aromatic N) is 2. The molecule has 1 aromatic heterocycles. The number of carbonyl (C=O) groups is 1. The summed E-state index contributed by atoms with van der Waals surface area (Å²) in [4.78, 5) is 17.0. The number of carboxylic acids is 1. The van der Waals surface area contributed by atoms with Gasteiger partial charge in [-0.05, 0) is 20.0 Å². The molecule has 0 bridgehead atoms. The molecule has 5 nitrogen and oxygen atoms in total. The summed E-state index contributed by atoms with van der Waals surface area (Å²) in [5.74, 6) is -0.947. The number of rotatable bonds is 4. The Bertz CT molecular complexity index is 380. The van der Waals surface area contributed by atoms with Gasteiger partial charge in [0.1, 0.15) is 0 Å². The maximum absolute atomic E-state index is 10.6. The fourth-order valence-electron chi connectivity index (χ4n) is 1.84. The molecule has 0 amide bonds. The third-order valence-electron chi connectivity index (χ3n) is 2.70. The first-order valence-corrected chi connectivity index (χ1v) is 6.13. The van der Waals surface area contributed by atoms with E-state index in [1.54, 1.807) is 5.38 Å². The Morgan fingerprint density at radius 2 is 2.62 bits per heavy atom. The van der Waals surface area contributed by atoms with Crippen molar-refractivity contribution in [2.75, 3.05) is 20.1 Å². The minimum atomic E-state index is -0.947. The lowest BCUT2D eigenvalue weighted by molar-refractivity contribution is 0.0696. The van der Waals surface area contributed by atoms with E-state index in [-0.39, 0.29) is 5.01 Å². The number of aromatic carboxylic acids is 1. The minimum absolute atomic E-state index is 0.167. The van der Waals surface area contributed by atoms with Crippen molar-refractivity contribution in [1.82, 2.24) is 15.2 Å². The van der Waals surface area contributed by atoms with Crippen molar-refractivity contribution in [3.05, 3.63) is 16.1 Å². The molecule has 2 N–H and O–H groups in total. The summed E-state index contributed by atoms with van der Waals surface area (Å²) in [5, 5.41) is 14.1. The van der Waals surface area contributed by atoms with Crippen LogP contribution < -0.4 is 5.32 Å². The quantitative estimate of drug-likeness (QED) is 0.809. The molecule has 1 aromatic rings. The average molecular weight is 241 g/mol. The molecule has 1 unspecified atom stereocenters. The molecule has 1 saturated heterocycles. The van der Waals surface area contributed by atoms with Gasteiger partial charge in [-0.15, -0.1) is 11.3 Å². The topological polar surface area (TPSA) is 65.5 Å². The highest BCUT2D eigenvalue weighted by molar-refractivity contribution is 7.11. The first-order valence-electron chi connectivity index (χ1n) is 5.25. The zero-order chi connectivity index (χ0) is 11.5. The highest BCUT2D eigenvalue weighted by Crippen LogP contribution is 2.11. The molecule has 0 aliphatic carbocycles. The van der Waals surface area contributed by atoms with Gasteiger partial charge in [-0.25, -0.2) is 9.78 Å². The summed E-state index contributed by atoms with van der Waals surface area (Å²) < 4.78 is 0. The predicted octanol–water partition coefficient (Wildman–Crippen LogP) is 0.635. The summed E-state index contributed by atoms with van der Waals surface area (Å²) >= 11 is 1.18. The molecule has 1 fully saturated rings. The average Bonchev–Trinajstić information content (AvgIpc) is 2.83. The molecule has 2 rings (SSSR count). The van der Waals surface area contributed by atoms with Crippen LogP contribution in [0.1, 0.15) is 21.9 Å². The van der Waals surface area contributed by atoms with Gasteiger partial charge in [0, 0.05) is 24.5 Å². The van der Waals surface area contributed by atoms with Gasteiger partial charge in [0.05, 0.1) is 5.69 Å². The summed E-state index contributed by atoms with van der Waals surface area (Å²) in [6, 6.07) is 0.500. The fourth-order valence-corrected chi connectivity index (χ4v) is 2.49. The maximum Gasteiger partial charge on any atom is 0.365 e. The minimum Gasteiger partial charge on any atom is -0.476 e. The monoisotopic (exact) mass is 241 g/mol. The van der Waals surface area contributed by atoms with E-state index in [1.807, 2.05) is 0 Å². The van der Waals surface area contributed by atoms with Crippen molar-refractivity contribution in [3.63, 3.8) is 0 Å². The van der Waals surface area contributed by atoms with Crippen molar-refractivity contribution >= 4 is 17.3 Å². The molecule has 0 radical (unpaired) electrons. The molecule has 0 saturated carbocycles. The Labute approximate surface area is 98.1 Å². The van der Waals surface area contributed by atoms with Crippen LogP contribution in [0, 0.1) is 0 Å². The van der Waals surface area contributed by atoms with Crippen LogP contribution >= 0.6 is 11.3 Å². The van der Waals surface area contributed by atoms with E-state index >= 15 is 0 Å². The number of aromatic nitrogens is 1. The molecule has 0 spiro atoms. The zero-order valence-electron chi connectivity index (χ0n) is 9.14. The van der Waals surface area contributed by atoms with Crippen LogP contribution in [0.15, 0.2) is 5.38 Å².